The van der Waals surface area contributed by atoms with Crippen molar-refractivity contribution in [3.8, 4) is 23.1 Å². The van der Waals surface area contributed by atoms with E-state index in [1.54, 1.807) is 55.8 Å². The number of carbonyl (C=O) groups excluding carboxylic acids is 1. The predicted molar refractivity (Wildman–Crippen MR) is 221 cm³/mol. The lowest BCUT2D eigenvalue weighted by molar-refractivity contribution is 0.0388. The number of rotatable bonds is 14. The predicted octanol–water partition coefficient (Wildman–Crippen LogP) is 7.83. The quantitative estimate of drug-likeness (QED) is 0.0810. The summed E-state index contributed by atoms with van der Waals surface area (Å²) in [7, 11) is -0.426. The molecule has 15 heteroatoms. The molecule has 7 rings (SSSR count). The normalized spacial score (nSPS) is 13.5. The van der Waals surface area contributed by atoms with Crippen molar-refractivity contribution in [2.75, 3.05) is 69.1 Å². The molecule has 288 valence electrons. The maximum atomic E-state index is 14.4. The Kier molecular flexibility index (Phi) is 12.0. The molecule has 4 N–H and O–H groups in total. The number of methoxy groups -OCH3 is 1. The van der Waals surface area contributed by atoms with E-state index >= 15 is 0 Å². The third-order valence-electron chi connectivity index (χ3n) is 9.10. The van der Waals surface area contributed by atoms with Gasteiger partial charge in [-0.1, -0.05) is 30.8 Å². The molecule has 1 fully saturated rings. The molecule has 2 amide bonds. The van der Waals surface area contributed by atoms with E-state index in [1.807, 2.05) is 43.3 Å². The van der Waals surface area contributed by atoms with Crippen molar-refractivity contribution in [3.05, 3.63) is 115 Å². The molecule has 56 heavy (non-hydrogen) atoms. The fourth-order valence-electron chi connectivity index (χ4n) is 6.29. The third-order valence-corrected chi connectivity index (χ3v) is 9.95. The molecule has 0 bridgehead atoms. The summed E-state index contributed by atoms with van der Waals surface area (Å²) in [6.45, 7) is 12.9. The van der Waals surface area contributed by atoms with Gasteiger partial charge in [0, 0.05) is 66.7 Å². The second-order valence-corrected chi connectivity index (χ2v) is 14.5. The van der Waals surface area contributed by atoms with Gasteiger partial charge in [0.25, 0.3) is 0 Å². The molecular formula is C41H43FN9O4P. The van der Waals surface area contributed by atoms with E-state index in [4.69, 9.17) is 14.2 Å². The van der Waals surface area contributed by atoms with Gasteiger partial charge in [0.1, 0.15) is 31.0 Å². The summed E-state index contributed by atoms with van der Waals surface area (Å²) in [6, 6.07) is 27.0. The Morgan fingerprint density at radius 3 is 2.54 bits per heavy atom. The Bertz CT molecular complexity index is 2330. The highest BCUT2D eigenvalue weighted by atomic mass is 31.2. The second-order valence-electron chi connectivity index (χ2n) is 13.1. The highest BCUT2D eigenvalue weighted by Gasteiger charge is 2.18. The fourth-order valence-corrected chi connectivity index (χ4v) is 6.80. The van der Waals surface area contributed by atoms with Crippen LogP contribution < -0.4 is 36.2 Å². The summed E-state index contributed by atoms with van der Waals surface area (Å²) in [5, 5.41) is 18.4. The van der Waals surface area contributed by atoms with Crippen LogP contribution in [0, 0.1) is 6.92 Å². The van der Waals surface area contributed by atoms with Crippen molar-refractivity contribution < 1.29 is 23.2 Å². The van der Waals surface area contributed by atoms with Crippen molar-refractivity contribution in [3.63, 3.8) is 0 Å². The molecule has 1 saturated heterocycles. The molecule has 0 spiro atoms. The van der Waals surface area contributed by atoms with Crippen LogP contribution >= 0.6 is 8.23 Å². The van der Waals surface area contributed by atoms with Gasteiger partial charge in [-0.3, -0.25) is 10.2 Å². The number of hydrogen-bond acceptors (Lipinski definition) is 10. The molecule has 13 nitrogen and oxygen atoms in total. The third kappa shape index (κ3) is 9.40. The minimum absolute atomic E-state index is 0.249. The molecule has 6 aromatic rings. The van der Waals surface area contributed by atoms with Gasteiger partial charge in [-0.15, -0.1) is 0 Å². The van der Waals surface area contributed by atoms with E-state index in [1.165, 1.54) is 17.4 Å². The lowest BCUT2D eigenvalue weighted by Gasteiger charge is -2.26. The maximum absolute atomic E-state index is 14.4. The van der Waals surface area contributed by atoms with E-state index in [-0.39, 0.29) is 5.44 Å². The Labute approximate surface area is 325 Å². The van der Waals surface area contributed by atoms with Gasteiger partial charge in [0.05, 0.1) is 31.7 Å². The standard InChI is InChI=1S/C41H43FN9O4P/c1-27-23-29(28(2)43-17-18-50-19-21-54-22-20-50)25-30(24-27)45-40-44-16-15-38(48-40)55-36-14-13-35(33-7-5-6-8-34(33)36)46-41(52)47-37-26-39(56(4)42)49-51(37)31-9-11-32(53-3)12-10-31/h5-16,23-26,43H,2,17-22H2,1,3-4H3,(H,44,45,48)(H2,46,47,52). The zero-order valence-corrected chi connectivity index (χ0v) is 32.3. The van der Waals surface area contributed by atoms with Crippen molar-refractivity contribution in [2.24, 2.45) is 0 Å². The van der Waals surface area contributed by atoms with Gasteiger partial charge in [0.2, 0.25) is 11.8 Å². The lowest BCUT2D eigenvalue weighted by atomic mass is 10.1. The number of nitrogens with one attached hydrogen (secondary N) is 4. The van der Waals surface area contributed by atoms with Crippen molar-refractivity contribution >= 4 is 59.3 Å². The first kappa shape index (κ1) is 38.2. The van der Waals surface area contributed by atoms with Gasteiger partial charge in [-0.25, -0.2) is 18.7 Å². The van der Waals surface area contributed by atoms with Crippen LogP contribution in [0.1, 0.15) is 11.1 Å². The van der Waals surface area contributed by atoms with E-state index in [9.17, 15) is 8.99 Å². The highest BCUT2D eigenvalue weighted by Crippen LogP contribution is 2.35. The van der Waals surface area contributed by atoms with Crippen LogP contribution in [0.2, 0.25) is 0 Å². The van der Waals surface area contributed by atoms with Gasteiger partial charge in [0.15, 0.2) is 0 Å². The molecule has 3 heterocycles. The van der Waals surface area contributed by atoms with Crippen LogP contribution in [0.5, 0.6) is 17.4 Å². The maximum Gasteiger partial charge on any atom is 0.324 e. The monoisotopic (exact) mass is 775 g/mol. The number of amides is 2. The highest BCUT2D eigenvalue weighted by molar-refractivity contribution is 7.59. The molecule has 1 aliphatic rings. The van der Waals surface area contributed by atoms with E-state index in [0.717, 1.165) is 72.7 Å². The number of anilines is 4. The van der Waals surface area contributed by atoms with Gasteiger partial charge in [-0.2, -0.15) is 10.1 Å². The Hall–Kier alpha value is -6.08. The smallest absolute Gasteiger partial charge is 0.324 e. The van der Waals surface area contributed by atoms with Crippen LogP contribution in [0.15, 0.2) is 104 Å². The number of hydrogen-bond donors (Lipinski definition) is 4. The second kappa shape index (κ2) is 17.6. The van der Waals surface area contributed by atoms with E-state index < -0.39 is 14.3 Å². The number of benzene rings is 4. The first-order valence-electron chi connectivity index (χ1n) is 18.1. The summed E-state index contributed by atoms with van der Waals surface area (Å²) in [5.74, 6) is 2.21. The number of urea groups is 1. The van der Waals surface area contributed by atoms with Gasteiger partial charge in [-0.05, 0) is 79.3 Å². The molecule has 0 saturated carbocycles. The number of carbonyl (C=O) groups is 1. The van der Waals surface area contributed by atoms with Crippen molar-refractivity contribution in [1.82, 2.24) is 30.0 Å². The molecule has 2 aromatic heterocycles. The summed E-state index contributed by atoms with van der Waals surface area (Å²) in [4.78, 5) is 24.8. The molecule has 1 aliphatic heterocycles. The van der Waals surface area contributed by atoms with Crippen LogP contribution in [0.25, 0.3) is 22.2 Å². The topological polar surface area (TPSA) is 140 Å². The minimum Gasteiger partial charge on any atom is -0.497 e. The number of halogens is 1. The van der Waals surface area contributed by atoms with Crippen molar-refractivity contribution in [2.45, 2.75) is 6.92 Å². The van der Waals surface area contributed by atoms with Crippen LogP contribution in [-0.2, 0) is 4.74 Å². The molecule has 0 aliphatic carbocycles. The fraction of sp³-hybridized carbons (Fsp3) is 0.220. The summed E-state index contributed by atoms with van der Waals surface area (Å²) in [6.07, 6.45) is 1.63. The minimum atomic E-state index is -2.00. The van der Waals surface area contributed by atoms with E-state index in [0.29, 0.717) is 40.5 Å². The number of aryl methyl sites for hydroxylation is 1. The summed E-state index contributed by atoms with van der Waals surface area (Å²) >= 11 is 0. The number of nitrogens with zero attached hydrogens (tertiary/aromatic N) is 5. The van der Waals surface area contributed by atoms with Crippen molar-refractivity contribution in [1.29, 1.82) is 0 Å². The average molecular weight is 776 g/mol. The zero-order valence-electron chi connectivity index (χ0n) is 31.4. The molecule has 1 unspecified atom stereocenters. The number of fused-ring (bicyclic) bond motifs is 1. The lowest BCUT2D eigenvalue weighted by Crippen LogP contribution is -2.40. The Balaban J connectivity index is 1.03. The number of aromatic nitrogens is 4. The van der Waals surface area contributed by atoms with Gasteiger partial charge < -0.3 is 30.2 Å². The Morgan fingerprint density at radius 2 is 1.77 bits per heavy atom. The number of ether oxygens (including phenoxy) is 3. The van der Waals surface area contributed by atoms with Gasteiger partial charge >= 0.3 is 6.03 Å². The SMILES string of the molecule is C=C(NCCN1CCOCC1)c1cc(C)cc(Nc2nccc(Oc3ccc(NC(=O)Nc4cc(P(C)F)nn4-c4ccc(OC)cc4)c4ccccc34)n2)c1. The number of morpholine rings is 1. The summed E-state index contributed by atoms with van der Waals surface area (Å²) < 4.78 is 32.9. The van der Waals surface area contributed by atoms with Crippen LogP contribution in [0.4, 0.5) is 32.1 Å². The Morgan fingerprint density at radius 1 is 0.982 bits per heavy atom. The molecular weight excluding hydrogens is 732 g/mol. The zero-order chi connectivity index (χ0) is 39.0. The molecule has 4 aromatic carbocycles. The van der Waals surface area contributed by atoms with Crippen LogP contribution in [-0.4, -0.2) is 83.8 Å². The first-order valence-corrected chi connectivity index (χ1v) is 19.8. The summed E-state index contributed by atoms with van der Waals surface area (Å²) in [5.41, 5.74) is 5.11. The van der Waals surface area contributed by atoms with E-state index in [2.05, 4.69) is 53.9 Å². The van der Waals surface area contributed by atoms with Crippen LogP contribution in [0.3, 0.4) is 0 Å². The largest absolute Gasteiger partial charge is 0.497 e. The first-order chi connectivity index (χ1) is 27.2. The molecule has 0 radical (unpaired) electrons. The molecule has 1 atom stereocenters. The average Bonchev–Trinajstić information content (AvgIpc) is 3.63.